The minimum absolute atomic E-state index is 0.209. The third kappa shape index (κ3) is 2.06. The van der Waals surface area contributed by atoms with E-state index in [9.17, 15) is 8.78 Å². The number of hydrogen-bond donors (Lipinski definition) is 0. The molecular weight excluding hydrogens is 326 g/mol. The van der Waals surface area contributed by atoms with E-state index >= 15 is 0 Å². The highest BCUT2D eigenvalue weighted by Crippen LogP contribution is 2.34. The average molecular weight is 336 g/mol. The molecule has 0 saturated carbocycles. The van der Waals surface area contributed by atoms with Gasteiger partial charge in [0.15, 0.2) is 0 Å². The zero-order chi connectivity index (χ0) is 17.0. The molecule has 4 heterocycles. The van der Waals surface area contributed by atoms with E-state index in [2.05, 4.69) is 9.97 Å². The van der Waals surface area contributed by atoms with Gasteiger partial charge in [0.2, 0.25) is 0 Å². The van der Waals surface area contributed by atoms with Crippen LogP contribution >= 0.6 is 0 Å². The van der Waals surface area contributed by atoms with E-state index in [-0.39, 0.29) is 5.56 Å². The Morgan fingerprint density at radius 1 is 1.04 bits per heavy atom. The van der Waals surface area contributed by atoms with Crippen molar-refractivity contribution in [2.45, 2.75) is 0 Å². The Morgan fingerprint density at radius 2 is 1.96 bits per heavy atom. The lowest BCUT2D eigenvalue weighted by molar-refractivity contribution is 0.585. The summed E-state index contributed by atoms with van der Waals surface area (Å²) in [5.74, 6) is -0.976. The van der Waals surface area contributed by atoms with Gasteiger partial charge in [0.1, 0.15) is 29.2 Å². The number of rotatable bonds is 2. The van der Waals surface area contributed by atoms with Crippen molar-refractivity contribution >= 4 is 11.5 Å². The van der Waals surface area contributed by atoms with Crippen molar-refractivity contribution in [3.8, 4) is 22.5 Å². The molecule has 0 atom stereocenters. The fourth-order valence-corrected chi connectivity index (χ4v) is 2.99. The maximum Gasteiger partial charge on any atom is 0.306 e. The van der Waals surface area contributed by atoms with Gasteiger partial charge in [-0.25, -0.2) is 13.8 Å². The first-order valence-corrected chi connectivity index (χ1v) is 7.55. The van der Waals surface area contributed by atoms with Gasteiger partial charge >= 0.3 is 5.84 Å². The van der Waals surface area contributed by atoms with Crippen LogP contribution in [0.3, 0.4) is 0 Å². The summed E-state index contributed by atoms with van der Waals surface area (Å²) in [6.45, 7) is 0. The third-order valence-electron chi connectivity index (χ3n) is 4.11. The number of imidazole rings is 2. The summed E-state index contributed by atoms with van der Waals surface area (Å²) in [5, 5.41) is 0. The van der Waals surface area contributed by atoms with Gasteiger partial charge in [-0.1, -0.05) is 0 Å². The van der Waals surface area contributed by atoms with E-state index < -0.39 is 11.6 Å². The molecule has 0 amide bonds. The Labute approximate surface area is 139 Å². The van der Waals surface area contributed by atoms with E-state index in [0.29, 0.717) is 17.2 Å². The van der Waals surface area contributed by atoms with E-state index in [1.807, 2.05) is 28.9 Å². The van der Waals surface area contributed by atoms with Crippen LogP contribution in [0.15, 0.2) is 65.8 Å². The van der Waals surface area contributed by atoms with E-state index in [1.165, 1.54) is 18.4 Å². The van der Waals surface area contributed by atoms with Crippen molar-refractivity contribution in [3.05, 3.63) is 73.0 Å². The molecule has 5 rings (SSSR count). The summed E-state index contributed by atoms with van der Waals surface area (Å²) in [4.78, 5) is 8.60. The van der Waals surface area contributed by atoms with Crippen LogP contribution in [0, 0.1) is 11.6 Å². The summed E-state index contributed by atoms with van der Waals surface area (Å²) >= 11 is 0. The van der Waals surface area contributed by atoms with Crippen molar-refractivity contribution < 1.29 is 13.2 Å². The Balaban J connectivity index is 1.82. The first-order chi connectivity index (χ1) is 12.2. The zero-order valence-electron chi connectivity index (χ0n) is 12.7. The molecule has 0 unspecified atom stereocenters. The first kappa shape index (κ1) is 13.9. The molecule has 0 spiro atoms. The number of fused-ring (bicyclic) bond motifs is 2. The van der Waals surface area contributed by atoms with E-state index in [4.69, 9.17) is 4.42 Å². The smallest absolute Gasteiger partial charge is 0.306 e. The summed E-state index contributed by atoms with van der Waals surface area (Å²) in [6.07, 6.45) is 8.62. The molecule has 0 aliphatic rings. The first-order valence-electron chi connectivity index (χ1n) is 7.55. The minimum Gasteiger partial charge on any atom is -0.432 e. The molecule has 5 aromatic rings. The molecule has 5 nitrogen and oxygen atoms in total. The number of pyridine rings is 1. The number of nitrogens with zero attached hydrogens (tertiary/aromatic N) is 4. The second kappa shape index (κ2) is 5.01. The molecule has 1 aromatic carbocycles. The molecule has 0 aliphatic heterocycles. The molecular formula is C18H10F2N4O. The quantitative estimate of drug-likeness (QED) is 0.486. The van der Waals surface area contributed by atoms with Crippen LogP contribution in [-0.2, 0) is 0 Å². The van der Waals surface area contributed by atoms with Gasteiger partial charge in [0.25, 0.3) is 0 Å². The standard InChI is InChI=1S/C18H10F2N4O/c19-12-2-3-13(14(20)9-12)16-17(24-7-8-25-18(24)22-16)11-1-4-15-21-5-6-23(15)10-11/h1-10H. The molecule has 122 valence electrons. The monoisotopic (exact) mass is 336 g/mol. The van der Waals surface area contributed by atoms with Crippen LogP contribution in [0.5, 0.6) is 0 Å². The summed E-state index contributed by atoms with van der Waals surface area (Å²) in [5.41, 5.74) is 2.85. The van der Waals surface area contributed by atoms with Crippen LogP contribution in [0.25, 0.3) is 34.0 Å². The van der Waals surface area contributed by atoms with Crippen molar-refractivity contribution in [2.24, 2.45) is 0 Å². The Morgan fingerprint density at radius 3 is 2.84 bits per heavy atom. The van der Waals surface area contributed by atoms with Gasteiger partial charge in [0.05, 0.1) is 5.69 Å². The molecule has 4 aromatic heterocycles. The number of oxazole rings is 1. The van der Waals surface area contributed by atoms with Crippen LogP contribution in [0.4, 0.5) is 8.78 Å². The van der Waals surface area contributed by atoms with E-state index in [0.717, 1.165) is 17.3 Å². The van der Waals surface area contributed by atoms with Crippen molar-refractivity contribution in [3.63, 3.8) is 0 Å². The Kier molecular flexibility index (Phi) is 2.79. The molecule has 25 heavy (non-hydrogen) atoms. The normalized spacial score (nSPS) is 11.6. The minimum atomic E-state index is -0.675. The maximum absolute atomic E-state index is 14.3. The van der Waals surface area contributed by atoms with Crippen LogP contribution in [-0.4, -0.2) is 18.8 Å². The van der Waals surface area contributed by atoms with Gasteiger partial charge in [-0.3, -0.25) is 4.40 Å². The van der Waals surface area contributed by atoms with Gasteiger partial charge in [-0.15, -0.1) is 0 Å². The molecule has 7 heteroatoms. The van der Waals surface area contributed by atoms with Crippen molar-refractivity contribution in [1.82, 2.24) is 18.8 Å². The van der Waals surface area contributed by atoms with Gasteiger partial charge in [-0.05, 0) is 24.3 Å². The second-order valence-corrected chi connectivity index (χ2v) is 5.60. The van der Waals surface area contributed by atoms with Crippen molar-refractivity contribution in [1.29, 1.82) is 0 Å². The van der Waals surface area contributed by atoms with Gasteiger partial charge < -0.3 is 8.82 Å². The number of aromatic nitrogens is 4. The molecule has 0 fully saturated rings. The number of halogens is 2. The highest BCUT2D eigenvalue weighted by molar-refractivity contribution is 5.81. The highest BCUT2D eigenvalue weighted by Gasteiger charge is 2.20. The largest absolute Gasteiger partial charge is 0.432 e. The second-order valence-electron chi connectivity index (χ2n) is 5.60. The molecule has 0 radical (unpaired) electrons. The van der Waals surface area contributed by atoms with Crippen LogP contribution in [0.1, 0.15) is 0 Å². The predicted molar refractivity (Wildman–Crippen MR) is 87.0 cm³/mol. The molecule has 0 aliphatic carbocycles. The van der Waals surface area contributed by atoms with E-state index in [1.54, 1.807) is 16.8 Å². The lowest BCUT2D eigenvalue weighted by atomic mass is 10.1. The highest BCUT2D eigenvalue weighted by atomic mass is 19.1. The number of benzene rings is 1. The van der Waals surface area contributed by atoms with Crippen LogP contribution < -0.4 is 0 Å². The zero-order valence-corrected chi connectivity index (χ0v) is 12.7. The molecule has 0 N–H and O–H groups in total. The topological polar surface area (TPSA) is 47.7 Å². The Hall–Kier alpha value is -3.48. The average Bonchev–Trinajstić information content (AvgIpc) is 3.29. The lowest BCUT2D eigenvalue weighted by Crippen LogP contribution is -1.93. The summed E-state index contributed by atoms with van der Waals surface area (Å²) < 4.78 is 36.6. The fourth-order valence-electron chi connectivity index (χ4n) is 2.99. The fraction of sp³-hybridized carbons (Fsp3) is 0. The molecule has 0 saturated heterocycles. The van der Waals surface area contributed by atoms with Crippen molar-refractivity contribution in [2.75, 3.05) is 0 Å². The summed E-state index contributed by atoms with van der Waals surface area (Å²) in [7, 11) is 0. The third-order valence-corrected chi connectivity index (χ3v) is 4.11. The van der Waals surface area contributed by atoms with Gasteiger partial charge in [0, 0.05) is 42.0 Å². The summed E-state index contributed by atoms with van der Waals surface area (Å²) in [6, 6.07) is 7.18. The number of hydrogen-bond acceptors (Lipinski definition) is 3. The van der Waals surface area contributed by atoms with Gasteiger partial charge in [-0.2, -0.15) is 4.98 Å². The van der Waals surface area contributed by atoms with Crippen LogP contribution in [0.2, 0.25) is 0 Å². The predicted octanol–water partition coefficient (Wildman–Crippen LogP) is 4.19. The Bertz CT molecular complexity index is 1230. The molecule has 0 bridgehead atoms. The SMILES string of the molecule is Fc1ccc(-c2nc3occn3c2-c2ccc3nccn3c2)c(F)c1. The maximum atomic E-state index is 14.3. The lowest BCUT2D eigenvalue weighted by Gasteiger charge is -2.06.